The van der Waals surface area contributed by atoms with Gasteiger partial charge in [-0.15, -0.1) is 0 Å². The van der Waals surface area contributed by atoms with Gasteiger partial charge in [-0.05, 0) is 36.2 Å². The number of nitrogens with one attached hydrogen (secondary N) is 2. The first-order valence-corrected chi connectivity index (χ1v) is 7.17. The minimum absolute atomic E-state index is 0.194. The molecular weight excluding hydrogens is 318 g/mol. The number of benzene rings is 2. The zero-order valence-corrected chi connectivity index (χ0v) is 12.9. The number of amides is 2. The van der Waals surface area contributed by atoms with Gasteiger partial charge in [0.2, 0.25) is 0 Å². The van der Waals surface area contributed by atoms with Crippen molar-refractivity contribution in [3.05, 3.63) is 59.7 Å². The number of hydrogen-bond acceptors (Lipinski definition) is 3. The number of methoxy groups -OCH3 is 1. The van der Waals surface area contributed by atoms with E-state index in [0.717, 1.165) is 23.8 Å². The molecule has 7 heteroatoms. The SMILES string of the molecule is COc1cccc(CCNC(=O)C(=O)Nc2c(F)cccc2F)c1. The molecule has 0 unspecified atom stereocenters. The molecule has 126 valence electrons. The van der Waals surface area contributed by atoms with Gasteiger partial charge in [-0.25, -0.2) is 8.78 Å². The van der Waals surface area contributed by atoms with E-state index in [0.29, 0.717) is 12.2 Å². The third-order valence-corrected chi connectivity index (χ3v) is 3.24. The lowest BCUT2D eigenvalue weighted by atomic mass is 10.1. The molecule has 0 aliphatic carbocycles. The fraction of sp³-hybridized carbons (Fsp3) is 0.176. The molecular formula is C17H16F2N2O3. The lowest BCUT2D eigenvalue weighted by Crippen LogP contribution is -2.36. The second kappa shape index (κ2) is 8.05. The van der Waals surface area contributed by atoms with Crippen LogP contribution in [-0.4, -0.2) is 25.5 Å². The van der Waals surface area contributed by atoms with E-state index >= 15 is 0 Å². The lowest BCUT2D eigenvalue weighted by Gasteiger charge is -2.08. The smallest absolute Gasteiger partial charge is 0.313 e. The van der Waals surface area contributed by atoms with Crippen molar-refractivity contribution in [1.29, 1.82) is 0 Å². The highest BCUT2D eigenvalue weighted by molar-refractivity contribution is 6.39. The summed E-state index contributed by atoms with van der Waals surface area (Å²) in [5, 5.41) is 4.32. The number of carbonyl (C=O) groups excluding carboxylic acids is 2. The first-order valence-electron chi connectivity index (χ1n) is 7.17. The fourth-order valence-electron chi connectivity index (χ4n) is 2.02. The van der Waals surface area contributed by atoms with E-state index in [1.807, 2.05) is 17.4 Å². The van der Waals surface area contributed by atoms with Gasteiger partial charge in [0.05, 0.1) is 7.11 Å². The molecule has 2 aromatic carbocycles. The van der Waals surface area contributed by atoms with Crippen molar-refractivity contribution in [2.45, 2.75) is 6.42 Å². The van der Waals surface area contributed by atoms with Crippen LogP contribution in [0.1, 0.15) is 5.56 Å². The largest absolute Gasteiger partial charge is 0.497 e. The molecule has 2 N–H and O–H groups in total. The molecule has 2 aromatic rings. The van der Waals surface area contributed by atoms with E-state index in [-0.39, 0.29) is 6.54 Å². The monoisotopic (exact) mass is 334 g/mol. The van der Waals surface area contributed by atoms with Crippen LogP contribution in [0.4, 0.5) is 14.5 Å². The van der Waals surface area contributed by atoms with Crippen molar-refractivity contribution >= 4 is 17.5 Å². The number of ether oxygens (including phenoxy) is 1. The third kappa shape index (κ3) is 4.52. The van der Waals surface area contributed by atoms with Gasteiger partial charge >= 0.3 is 11.8 Å². The summed E-state index contributed by atoms with van der Waals surface area (Å²) in [6.45, 7) is 0.194. The average molecular weight is 334 g/mol. The zero-order valence-electron chi connectivity index (χ0n) is 12.9. The Morgan fingerprint density at radius 1 is 1.04 bits per heavy atom. The molecule has 0 aliphatic heterocycles. The van der Waals surface area contributed by atoms with Crippen LogP contribution in [0.5, 0.6) is 5.75 Å². The molecule has 0 spiro atoms. The number of rotatable bonds is 5. The third-order valence-electron chi connectivity index (χ3n) is 3.24. The normalized spacial score (nSPS) is 10.1. The second-order valence-corrected chi connectivity index (χ2v) is 4.91. The molecule has 0 saturated heterocycles. The van der Waals surface area contributed by atoms with Gasteiger partial charge < -0.3 is 15.4 Å². The van der Waals surface area contributed by atoms with Crippen LogP contribution >= 0.6 is 0 Å². The highest BCUT2D eigenvalue weighted by atomic mass is 19.1. The van der Waals surface area contributed by atoms with E-state index in [2.05, 4.69) is 5.32 Å². The minimum atomic E-state index is -1.13. The molecule has 0 fully saturated rings. The Morgan fingerprint density at radius 2 is 1.71 bits per heavy atom. The molecule has 0 atom stereocenters. The van der Waals surface area contributed by atoms with Crippen LogP contribution in [0, 0.1) is 11.6 Å². The van der Waals surface area contributed by atoms with Gasteiger partial charge in [0, 0.05) is 6.54 Å². The van der Waals surface area contributed by atoms with Crippen molar-refractivity contribution in [2.24, 2.45) is 0 Å². The summed E-state index contributed by atoms with van der Waals surface area (Å²) in [6, 6.07) is 10.4. The van der Waals surface area contributed by atoms with E-state index in [1.165, 1.54) is 0 Å². The first kappa shape index (κ1) is 17.4. The Bertz CT molecular complexity index is 730. The topological polar surface area (TPSA) is 67.4 Å². The van der Waals surface area contributed by atoms with E-state index in [1.54, 1.807) is 19.2 Å². The molecule has 0 heterocycles. The summed E-state index contributed by atoms with van der Waals surface area (Å²) >= 11 is 0. The number of hydrogen-bond donors (Lipinski definition) is 2. The van der Waals surface area contributed by atoms with E-state index in [4.69, 9.17) is 4.74 Å². The summed E-state index contributed by atoms with van der Waals surface area (Å²) in [5.74, 6) is -3.32. The second-order valence-electron chi connectivity index (χ2n) is 4.91. The van der Waals surface area contributed by atoms with E-state index < -0.39 is 29.1 Å². The van der Waals surface area contributed by atoms with Gasteiger partial charge in [-0.2, -0.15) is 0 Å². The zero-order chi connectivity index (χ0) is 17.5. The number of para-hydroxylation sites is 1. The first-order chi connectivity index (χ1) is 11.5. The molecule has 0 aliphatic rings. The van der Waals surface area contributed by atoms with Crippen molar-refractivity contribution in [1.82, 2.24) is 5.32 Å². The van der Waals surface area contributed by atoms with Crippen LogP contribution in [-0.2, 0) is 16.0 Å². The van der Waals surface area contributed by atoms with Gasteiger partial charge in [0.1, 0.15) is 23.1 Å². The highest BCUT2D eigenvalue weighted by Crippen LogP contribution is 2.17. The minimum Gasteiger partial charge on any atom is -0.497 e. The Morgan fingerprint density at radius 3 is 2.38 bits per heavy atom. The van der Waals surface area contributed by atoms with Crippen molar-refractivity contribution in [3.8, 4) is 5.75 Å². The maximum Gasteiger partial charge on any atom is 0.313 e. The molecule has 2 rings (SSSR count). The van der Waals surface area contributed by atoms with Gasteiger partial charge in [0.25, 0.3) is 0 Å². The molecule has 0 bridgehead atoms. The summed E-state index contributed by atoms with van der Waals surface area (Å²) < 4.78 is 31.9. The highest BCUT2D eigenvalue weighted by Gasteiger charge is 2.17. The van der Waals surface area contributed by atoms with Crippen molar-refractivity contribution < 1.29 is 23.1 Å². The maximum atomic E-state index is 13.4. The van der Waals surface area contributed by atoms with Gasteiger partial charge in [-0.1, -0.05) is 18.2 Å². The van der Waals surface area contributed by atoms with Crippen LogP contribution in [0.3, 0.4) is 0 Å². The number of carbonyl (C=O) groups is 2. The number of halogens is 2. The van der Waals surface area contributed by atoms with Crippen LogP contribution in [0.2, 0.25) is 0 Å². The maximum absolute atomic E-state index is 13.4. The quantitative estimate of drug-likeness (QED) is 0.825. The number of anilines is 1. The summed E-state index contributed by atoms with van der Waals surface area (Å²) in [6.07, 6.45) is 0.476. The predicted molar refractivity (Wildman–Crippen MR) is 84.7 cm³/mol. The fourth-order valence-corrected chi connectivity index (χ4v) is 2.02. The predicted octanol–water partition coefficient (Wildman–Crippen LogP) is 2.27. The van der Waals surface area contributed by atoms with Gasteiger partial charge in [-0.3, -0.25) is 9.59 Å². The molecule has 2 amide bonds. The summed E-state index contributed by atoms with van der Waals surface area (Å²) in [7, 11) is 1.55. The summed E-state index contributed by atoms with van der Waals surface area (Å²) in [5.41, 5.74) is 0.264. The van der Waals surface area contributed by atoms with Crippen LogP contribution < -0.4 is 15.4 Å². The Kier molecular flexibility index (Phi) is 5.83. The Hall–Kier alpha value is -2.96. The van der Waals surface area contributed by atoms with Crippen molar-refractivity contribution in [3.63, 3.8) is 0 Å². The Balaban J connectivity index is 1.87. The van der Waals surface area contributed by atoms with Crippen LogP contribution in [0.25, 0.3) is 0 Å². The van der Waals surface area contributed by atoms with Crippen molar-refractivity contribution in [2.75, 3.05) is 19.0 Å². The van der Waals surface area contributed by atoms with Gasteiger partial charge in [0.15, 0.2) is 0 Å². The standard InChI is InChI=1S/C17H16F2N2O3/c1-24-12-5-2-4-11(10-12)8-9-20-16(22)17(23)21-15-13(18)6-3-7-14(15)19/h2-7,10H,8-9H2,1H3,(H,20,22)(H,21,23). The lowest BCUT2D eigenvalue weighted by molar-refractivity contribution is -0.136. The van der Waals surface area contributed by atoms with Crippen LogP contribution in [0.15, 0.2) is 42.5 Å². The molecule has 5 nitrogen and oxygen atoms in total. The molecule has 0 radical (unpaired) electrons. The molecule has 24 heavy (non-hydrogen) atoms. The average Bonchev–Trinajstić information content (AvgIpc) is 2.58. The summed E-state index contributed by atoms with van der Waals surface area (Å²) in [4.78, 5) is 23.4. The Labute approximate surface area is 137 Å². The molecule has 0 saturated carbocycles. The molecule has 0 aromatic heterocycles. The van der Waals surface area contributed by atoms with E-state index in [9.17, 15) is 18.4 Å².